The van der Waals surface area contributed by atoms with E-state index in [-0.39, 0.29) is 11.7 Å². The smallest absolute Gasteiger partial charge is 0.165 e. The van der Waals surface area contributed by atoms with E-state index in [0.717, 1.165) is 12.0 Å². The summed E-state index contributed by atoms with van der Waals surface area (Å²) < 4.78 is 0. The molecule has 1 aromatic rings. The number of carbonyl (C=O) groups excluding carboxylic acids is 1. The van der Waals surface area contributed by atoms with E-state index in [2.05, 4.69) is 0 Å². The Morgan fingerprint density at radius 1 is 1.40 bits per heavy atom. The van der Waals surface area contributed by atoms with E-state index in [0.29, 0.717) is 6.54 Å². The van der Waals surface area contributed by atoms with Crippen molar-refractivity contribution in [3.63, 3.8) is 0 Å². The highest BCUT2D eigenvalue weighted by Crippen LogP contribution is 2.17. The van der Waals surface area contributed by atoms with Crippen molar-refractivity contribution < 1.29 is 4.79 Å². The molecule has 3 heteroatoms. The third-order valence-corrected chi connectivity index (χ3v) is 3.17. The Hall–Kier alpha value is -0.800. The molecule has 15 heavy (non-hydrogen) atoms. The van der Waals surface area contributed by atoms with Crippen LogP contribution < -0.4 is 5.73 Å². The first-order valence-corrected chi connectivity index (χ1v) is 6.30. The molecule has 1 aromatic carbocycles. The second kappa shape index (κ2) is 5.93. The Bertz CT molecular complexity index is 321. The number of thioether (sulfide) groups is 1. The molecule has 0 aliphatic rings. The summed E-state index contributed by atoms with van der Waals surface area (Å²) >= 11 is 1.68. The van der Waals surface area contributed by atoms with Crippen LogP contribution in [0.25, 0.3) is 0 Å². The lowest BCUT2D eigenvalue weighted by molar-refractivity contribution is 0.0925. The SMILES string of the molecule is CSc1ccc(C(=O)C(C)CCN)cc1. The Kier molecular flexibility index (Phi) is 4.85. The van der Waals surface area contributed by atoms with Gasteiger partial charge in [0, 0.05) is 16.4 Å². The van der Waals surface area contributed by atoms with Crippen LogP contribution in [0.15, 0.2) is 29.2 Å². The Morgan fingerprint density at radius 2 is 2.00 bits per heavy atom. The topological polar surface area (TPSA) is 43.1 Å². The third-order valence-electron chi connectivity index (χ3n) is 2.42. The first-order valence-electron chi connectivity index (χ1n) is 5.07. The second-order valence-electron chi connectivity index (χ2n) is 3.57. The highest BCUT2D eigenvalue weighted by Gasteiger charge is 2.13. The van der Waals surface area contributed by atoms with Crippen molar-refractivity contribution >= 4 is 17.5 Å². The highest BCUT2D eigenvalue weighted by atomic mass is 32.2. The molecule has 1 rings (SSSR count). The molecule has 0 saturated carbocycles. The molecule has 82 valence electrons. The lowest BCUT2D eigenvalue weighted by Crippen LogP contribution is -2.15. The number of ketones is 1. The minimum Gasteiger partial charge on any atom is -0.330 e. The van der Waals surface area contributed by atoms with Crippen molar-refractivity contribution in [2.24, 2.45) is 11.7 Å². The number of nitrogens with two attached hydrogens (primary N) is 1. The maximum absolute atomic E-state index is 11.9. The van der Waals surface area contributed by atoms with Crippen LogP contribution in [0.3, 0.4) is 0 Å². The van der Waals surface area contributed by atoms with Gasteiger partial charge in [-0.2, -0.15) is 0 Å². The summed E-state index contributed by atoms with van der Waals surface area (Å²) in [5.41, 5.74) is 6.22. The Balaban J connectivity index is 2.73. The number of rotatable bonds is 5. The summed E-state index contributed by atoms with van der Waals surface area (Å²) in [4.78, 5) is 13.1. The Labute approximate surface area is 95.2 Å². The number of carbonyl (C=O) groups is 1. The van der Waals surface area contributed by atoms with Crippen molar-refractivity contribution in [1.29, 1.82) is 0 Å². The van der Waals surface area contributed by atoms with Gasteiger partial charge in [0.2, 0.25) is 0 Å². The predicted octanol–water partition coefficient (Wildman–Crippen LogP) is 2.58. The quantitative estimate of drug-likeness (QED) is 0.616. The standard InChI is InChI=1S/C12H17NOS/c1-9(7-8-13)12(14)10-3-5-11(15-2)6-4-10/h3-6,9H,7-8,13H2,1-2H3. The van der Waals surface area contributed by atoms with Gasteiger partial charge in [-0.05, 0) is 31.4 Å². The lowest BCUT2D eigenvalue weighted by Gasteiger charge is -2.08. The van der Waals surface area contributed by atoms with Crippen LogP contribution in [-0.2, 0) is 0 Å². The molecule has 0 aromatic heterocycles. The average Bonchev–Trinajstić information content (AvgIpc) is 2.28. The van der Waals surface area contributed by atoms with Gasteiger partial charge in [-0.3, -0.25) is 4.79 Å². The molecule has 1 atom stereocenters. The fraction of sp³-hybridized carbons (Fsp3) is 0.417. The minimum atomic E-state index is 0.0233. The van der Waals surface area contributed by atoms with Crippen molar-refractivity contribution in [2.45, 2.75) is 18.2 Å². The van der Waals surface area contributed by atoms with Crippen molar-refractivity contribution in [3.8, 4) is 0 Å². The molecule has 2 nitrogen and oxygen atoms in total. The van der Waals surface area contributed by atoms with Crippen LogP contribution in [0.5, 0.6) is 0 Å². The summed E-state index contributed by atoms with van der Waals surface area (Å²) in [5.74, 6) is 0.211. The van der Waals surface area contributed by atoms with Gasteiger partial charge >= 0.3 is 0 Å². The van der Waals surface area contributed by atoms with E-state index in [4.69, 9.17) is 5.73 Å². The molecule has 0 radical (unpaired) electrons. The first-order chi connectivity index (χ1) is 7.19. The van der Waals surface area contributed by atoms with Gasteiger partial charge in [0.15, 0.2) is 5.78 Å². The van der Waals surface area contributed by atoms with Crippen LogP contribution in [0.1, 0.15) is 23.7 Å². The van der Waals surface area contributed by atoms with Gasteiger partial charge in [-0.1, -0.05) is 19.1 Å². The number of benzene rings is 1. The average molecular weight is 223 g/mol. The molecule has 0 aliphatic carbocycles. The van der Waals surface area contributed by atoms with Gasteiger partial charge in [0.25, 0.3) is 0 Å². The zero-order valence-electron chi connectivity index (χ0n) is 9.19. The van der Waals surface area contributed by atoms with Crippen LogP contribution in [0.2, 0.25) is 0 Å². The predicted molar refractivity (Wildman–Crippen MR) is 65.4 cm³/mol. The molecule has 0 saturated heterocycles. The molecule has 0 aliphatic heterocycles. The fourth-order valence-electron chi connectivity index (χ4n) is 1.42. The summed E-state index contributed by atoms with van der Waals surface area (Å²) in [6.07, 6.45) is 2.77. The van der Waals surface area contributed by atoms with Crippen LogP contribution >= 0.6 is 11.8 Å². The van der Waals surface area contributed by atoms with E-state index in [1.165, 1.54) is 4.90 Å². The first kappa shape index (κ1) is 12.3. The number of hydrogen-bond acceptors (Lipinski definition) is 3. The minimum absolute atomic E-state index is 0.0233. The fourth-order valence-corrected chi connectivity index (χ4v) is 1.83. The van der Waals surface area contributed by atoms with E-state index in [1.807, 2.05) is 37.4 Å². The molecule has 1 unspecified atom stereocenters. The van der Waals surface area contributed by atoms with E-state index in [1.54, 1.807) is 11.8 Å². The molecule has 0 fully saturated rings. The molecule has 0 heterocycles. The van der Waals surface area contributed by atoms with Crippen LogP contribution in [-0.4, -0.2) is 18.6 Å². The van der Waals surface area contributed by atoms with E-state index < -0.39 is 0 Å². The molecular weight excluding hydrogens is 206 g/mol. The summed E-state index contributed by atoms with van der Waals surface area (Å²) in [5, 5.41) is 0. The third kappa shape index (κ3) is 3.36. The molecule has 0 spiro atoms. The summed E-state index contributed by atoms with van der Waals surface area (Å²) in [6, 6.07) is 7.74. The van der Waals surface area contributed by atoms with Gasteiger partial charge in [-0.25, -0.2) is 0 Å². The molecular formula is C12H17NOS. The lowest BCUT2D eigenvalue weighted by atomic mass is 9.97. The second-order valence-corrected chi connectivity index (χ2v) is 4.45. The number of hydrogen-bond donors (Lipinski definition) is 1. The van der Waals surface area contributed by atoms with E-state index >= 15 is 0 Å². The maximum atomic E-state index is 11.9. The van der Waals surface area contributed by atoms with Crippen molar-refractivity contribution in [3.05, 3.63) is 29.8 Å². The zero-order chi connectivity index (χ0) is 11.3. The number of Topliss-reactive ketones (excluding diaryl/α,β-unsaturated/α-hetero) is 1. The Morgan fingerprint density at radius 3 is 2.47 bits per heavy atom. The highest BCUT2D eigenvalue weighted by molar-refractivity contribution is 7.98. The van der Waals surface area contributed by atoms with Crippen LogP contribution in [0.4, 0.5) is 0 Å². The molecule has 0 bridgehead atoms. The largest absolute Gasteiger partial charge is 0.330 e. The van der Waals surface area contributed by atoms with Crippen molar-refractivity contribution in [2.75, 3.05) is 12.8 Å². The van der Waals surface area contributed by atoms with Gasteiger partial charge in [-0.15, -0.1) is 11.8 Å². The van der Waals surface area contributed by atoms with Crippen LogP contribution in [0, 0.1) is 5.92 Å². The van der Waals surface area contributed by atoms with Gasteiger partial charge < -0.3 is 5.73 Å². The van der Waals surface area contributed by atoms with E-state index in [9.17, 15) is 4.79 Å². The van der Waals surface area contributed by atoms with Crippen molar-refractivity contribution in [1.82, 2.24) is 0 Å². The summed E-state index contributed by atoms with van der Waals surface area (Å²) in [6.45, 7) is 2.49. The maximum Gasteiger partial charge on any atom is 0.165 e. The molecule has 2 N–H and O–H groups in total. The van der Waals surface area contributed by atoms with Gasteiger partial charge in [0.05, 0.1) is 0 Å². The molecule has 0 amide bonds. The normalized spacial score (nSPS) is 12.5. The monoisotopic (exact) mass is 223 g/mol. The zero-order valence-corrected chi connectivity index (χ0v) is 10.0. The summed E-state index contributed by atoms with van der Waals surface area (Å²) in [7, 11) is 0. The van der Waals surface area contributed by atoms with Gasteiger partial charge in [0.1, 0.15) is 0 Å².